The number of benzene rings is 6. The maximum absolute atomic E-state index is 14.6. The summed E-state index contributed by atoms with van der Waals surface area (Å²) in [4.78, 5) is 29.2. The van der Waals surface area contributed by atoms with Crippen LogP contribution in [-0.2, 0) is 54.1 Å². The fraction of sp³-hybridized carbons (Fsp3) is 0.457. The van der Waals surface area contributed by atoms with Crippen LogP contribution in [0.3, 0.4) is 0 Å². The Morgan fingerprint density at radius 3 is 0.875 bits per heavy atom. The zero-order valence-electron chi connectivity index (χ0n) is 51.6. The van der Waals surface area contributed by atoms with Crippen LogP contribution < -0.4 is 48.5 Å². The fourth-order valence-electron chi connectivity index (χ4n) is 10.5. The molecule has 2 amide bonds. The molecule has 2 heterocycles. The summed E-state index contributed by atoms with van der Waals surface area (Å²) >= 11 is 0. The minimum atomic E-state index is -0.335. The first-order chi connectivity index (χ1) is 43.3. The molecule has 0 saturated carbocycles. The monoisotopic (exact) mass is 1210 g/mol. The van der Waals surface area contributed by atoms with Gasteiger partial charge in [0.25, 0.3) is 11.8 Å². The van der Waals surface area contributed by atoms with Gasteiger partial charge in [0.15, 0.2) is 23.0 Å². The number of hydrogen-bond acceptors (Lipinski definition) is 16. The quantitative estimate of drug-likeness (QED) is 0.0929. The van der Waals surface area contributed by atoms with E-state index in [1.165, 1.54) is 0 Å². The second-order valence-electron chi connectivity index (χ2n) is 21.5. The predicted octanol–water partition coefficient (Wildman–Crippen LogP) is 11.7. The van der Waals surface area contributed by atoms with Crippen LogP contribution in [0.2, 0.25) is 0 Å². The van der Waals surface area contributed by atoms with Crippen LogP contribution in [0.1, 0.15) is 119 Å². The second kappa shape index (κ2) is 34.8. The molecule has 0 saturated heterocycles. The Bertz CT molecular complexity index is 2900. The van der Waals surface area contributed by atoms with Crippen LogP contribution in [0.25, 0.3) is 0 Å². The van der Waals surface area contributed by atoms with Crippen molar-refractivity contribution in [2.45, 2.75) is 79.1 Å². The Labute approximate surface area is 517 Å². The average molecular weight is 1210 g/mol. The minimum Gasteiger partial charge on any atom is -0.493 e. The Hall–Kier alpha value is -7.58. The highest BCUT2D eigenvalue weighted by Gasteiger charge is 2.25. The van der Waals surface area contributed by atoms with Crippen LogP contribution in [0, 0.1) is 0 Å². The number of anilines is 2. The lowest BCUT2D eigenvalue weighted by Crippen LogP contribution is -2.15. The van der Waals surface area contributed by atoms with Gasteiger partial charge in [0.2, 0.25) is 0 Å². The van der Waals surface area contributed by atoms with E-state index in [2.05, 4.69) is 74.7 Å². The number of carbonyl (C=O) groups is 2. The molecule has 0 spiro atoms. The topological polar surface area (TPSA) is 187 Å². The lowest BCUT2D eigenvalue weighted by Gasteiger charge is -2.24. The zero-order chi connectivity index (χ0) is 61.1. The third kappa shape index (κ3) is 18.7. The molecule has 3 aliphatic rings. The summed E-state index contributed by atoms with van der Waals surface area (Å²) in [7, 11) is 0. The van der Waals surface area contributed by atoms with Gasteiger partial charge in [-0.05, 0) is 109 Å². The molecule has 2 N–H and O–H groups in total. The molecular weight excluding hydrogens is 1120 g/mol. The second-order valence-corrected chi connectivity index (χ2v) is 21.5. The van der Waals surface area contributed by atoms with Crippen molar-refractivity contribution in [3.63, 3.8) is 0 Å². The third-order valence-electron chi connectivity index (χ3n) is 14.5. The van der Waals surface area contributed by atoms with Crippen LogP contribution in [0.5, 0.6) is 46.0 Å². The molecule has 8 bridgehead atoms. The van der Waals surface area contributed by atoms with Crippen LogP contribution in [0.4, 0.5) is 11.4 Å². The van der Waals surface area contributed by atoms with E-state index in [0.717, 1.165) is 93.2 Å². The molecule has 0 atom stereocenters. The van der Waals surface area contributed by atoms with Crippen molar-refractivity contribution in [2.75, 3.05) is 143 Å². The normalized spacial score (nSPS) is 15.6. The molecule has 18 nitrogen and oxygen atoms in total. The van der Waals surface area contributed by atoms with Gasteiger partial charge in [0, 0.05) is 70.4 Å². The van der Waals surface area contributed by atoms with Gasteiger partial charge in [0.1, 0.15) is 49.4 Å². The first-order valence-corrected chi connectivity index (χ1v) is 31.2. The van der Waals surface area contributed by atoms with Gasteiger partial charge in [-0.25, -0.2) is 0 Å². The van der Waals surface area contributed by atoms with Gasteiger partial charge >= 0.3 is 0 Å². The number of ether oxygens (including phenoxy) is 14. The predicted molar refractivity (Wildman–Crippen MR) is 336 cm³/mol. The molecule has 0 fully saturated rings. The third-order valence-corrected chi connectivity index (χ3v) is 14.5. The van der Waals surface area contributed by atoms with Crippen molar-refractivity contribution in [1.82, 2.24) is 0 Å². The van der Waals surface area contributed by atoms with E-state index in [1.807, 2.05) is 24.3 Å². The first-order valence-electron chi connectivity index (χ1n) is 31.2. The van der Waals surface area contributed by atoms with E-state index >= 15 is 0 Å². The molecule has 88 heavy (non-hydrogen) atoms. The van der Waals surface area contributed by atoms with Gasteiger partial charge in [-0.3, -0.25) is 9.59 Å². The Morgan fingerprint density at radius 2 is 0.591 bits per heavy atom. The maximum atomic E-state index is 14.6. The lowest BCUT2D eigenvalue weighted by atomic mass is 9.90. The van der Waals surface area contributed by atoms with Gasteiger partial charge in [-0.1, -0.05) is 64.1 Å². The smallest absolute Gasteiger partial charge is 0.255 e. The SMILES string of the molecule is CCCOc1c2cccc1Cc1cc(NC(=O)c3ccc4c(c3)OCCOCCOCCOCCO4)cc(c1OCCC)Cc1cccc(c1OCCC)Cc1cc(NC(=O)c3ccc4c(c3)OCCOCCOCCOCCO4)cc(c1OCCC)C2. The molecule has 0 radical (unpaired) electrons. The molecule has 472 valence electrons. The van der Waals surface area contributed by atoms with Crippen LogP contribution in [0.15, 0.2) is 97.1 Å². The first kappa shape index (κ1) is 64.9. The molecule has 9 rings (SSSR count). The summed E-state index contributed by atoms with van der Waals surface area (Å²) in [5.74, 6) is 4.10. The Balaban J connectivity index is 1.12. The van der Waals surface area contributed by atoms with Crippen molar-refractivity contribution >= 4 is 23.2 Å². The standard InChI is InChI=1S/C70H86N2O16/c1-5-19-85-65-49-11-9-12-50(65)40-56-44-60(72-70(74)54-16-18-62-64(48-54)84-38-34-80-30-26-76-24-28-78-32-36-82-62)46-58(68(56)88-22-8-4)42-52-14-10-13-51(66(52)86-20-6-2)41-57-45-59(43-55(39-49)67(57)87-21-7-3)71-69(73)53-15-17-61-63(47-53)83-37-33-79-29-25-75-23-27-77-31-35-81-61/h9-18,43-48H,5-8,19-42H2,1-4H3,(H,71,73)(H,72,74). The van der Waals surface area contributed by atoms with E-state index < -0.39 is 0 Å². The number of rotatable bonds is 16. The van der Waals surface area contributed by atoms with E-state index in [1.54, 1.807) is 36.4 Å². The molecular formula is C70H86N2O16. The number of hydrogen-bond donors (Lipinski definition) is 2. The van der Waals surface area contributed by atoms with Crippen molar-refractivity contribution in [3.8, 4) is 46.0 Å². The lowest BCUT2D eigenvalue weighted by molar-refractivity contribution is 0.00708. The Morgan fingerprint density at radius 1 is 0.330 bits per heavy atom. The molecule has 2 aliphatic heterocycles. The summed E-state index contributed by atoms with van der Waals surface area (Å²) in [6, 6.07) is 30.9. The summed E-state index contributed by atoms with van der Waals surface area (Å²) in [5.41, 5.74) is 9.12. The zero-order valence-corrected chi connectivity index (χ0v) is 51.6. The number of fused-ring (bicyclic) bond motifs is 10. The molecule has 0 aromatic heterocycles. The highest BCUT2D eigenvalue weighted by molar-refractivity contribution is 6.05. The van der Waals surface area contributed by atoms with Crippen LogP contribution in [-0.4, -0.2) is 144 Å². The molecule has 0 unspecified atom stereocenters. The van der Waals surface area contributed by atoms with Crippen molar-refractivity contribution in [3.05, 3.63) is 153 Å². The van der Waals surface area contributed by atoms with E-state index in [0.29, 0.717) is 177 Å². The highest BCUT2D eigenvalue weighted by Crippen LogP contribution is 2.42. The number of nitrogens with one attached hydrogen (secondary N) is 2. The van der Waals surface area contributed by atoms with Crippen molar-refractivity contribution in [2.24, 2.45) is 0 Å². The van der Waals surface area contributed by atoms with Crippen LogP contribution >= 0.6 is 0 Å². The van der Waals surface area contributed by atoms with Gasteiger partial charge in [-0.2, -0.15) is 0 Å². The molecule has 18 heteroatoms. The van der Waals surface area contributed by atoms with Gasteiger partial charge < -0.3 is 76.9 Å². The summed E-state index contributed by atoms with van der Waals surface area (Å²) in [5, 5.41) is 6.52. The van der Waals surface area contributed by atoms with E-state index in [4.69, 9.17) is 66.3 Å². The van der Waals surface area contributed by atoms with Crippen molar-refractivity contribution < 1.29 is 75.9 Å². The van der Waals surface area contributed by atoms with Crippen molar-refractivity contribution in [1.29, 1.82) is 0 Å². The highest BCUT2D eigenvalue weighted by atomic mass is 16.6. The summed E-state index contributed by atoms with van der Waals surface area (Å²) in [6.07, 6.45) is 4.69. The minimum absolute atomic E-state index is 0.245. The van der Waals surface area contributed by atoms with E-state index in [-0.39, 0.29) is 38.2 Å². The summed E-state index contributed by atoms with van der Waals surface area (Å²) < 4.78 is 85.9. The number of carbonyl (C=O) groups excluding carboxylic acids is 2. The van der Waals surface area contributed by atoms with Gasteiger partial charge in [0.05, 0.1) is 106 Å². The van der Waals surface area contributed by atoms with Gasteiger partial charge in [-0.15, -0.1) is 0 Å². The maximum Gasteiger partial charge on any atom is 0.255 e. The Kier molecular flexibility index (Phi) is 25.7. The fourth-order valence-corrected chi connectivity index (χ4v) is 10.5. The molecule has 1 aliphatic carbocycles. The van der Waals surface area contributed by atoms with E-state index in [9.17, 15) is 9.59 Å². The number of para-hydroxylation sites is 2. The largest absolute Gasteiger partial charge is 0.493 e. The number of amides is 2. The average Bonchev–Trinajstić information content (AvgIpc) is 2.01. The molecule has 6 aromatic rings. The molecule has 6 aromatic carbocycles. The summed E-state index contributed by atoms with van der Waals surface area (Å²) in [6.45, 7) is 16.2.